The van der Waals surface area contributed by atoms with Gasteiger partial charge in [-0.2, -0.15) is 5.10 Å². The summed E-state index contributed by atoms with van der Waals surface area (Å²) >= 11 is 2.13. The van der Waals surface area contributed by atoms with Crippen LogP contribution in [0, 0.1) is 13.7 Å². The average Bonchev–Trinajstić information content (AvgIpc) is 2.64. The van der Waals surface area contributed by atoms with Gasteiger partial charge in [0.2, 0.25) is 5.91 Å². The van der Waals surface area contributed by atoms with Crippen molar-refractivity contribution in [3.63, 3.8) is 0 Å². The molecule has 0 fully saturated rings. The molecule has 0 aromatic heterocycles. The molecule has 8 nitrogen and oxygen atoms in total. The number of carbonyl (C=O) groups is 1. The third kappa shape index (κ3) is 5.64. The molecule has 0 radical (unpaired) electrons. The summed E-state index contributed by atoms with van der Waals surface area (Å²) in [5.41, 5.74) is 3.32. The third-order valence-electron chi connectivity index (χ3n) is 3.48. The van der Waals surface area contributed by atoms with Crippen LogP contribution in [-0.4, -0.2) is 30.8 Å². The number of nitrogens with zero attached hydrogens (tertiary/aromatic N) is 2. The summed E-state index contributed by atoms with van der Waals surface area (Å²) in [5.74, 6) is 0.766. The summed E-state index contributed by atoms with van der Waals surface area (Å²) in [7, 11) is 1.55. The van der Waals surface area contributed by atoms with E-state index in [1.54, 1.807) is 31.4 Å². The molecule has 0 unspecified atom stereocenters. The van der Waals surface area contributed by atoms with Gasteiger partial charge >= 0.3 is 0 Å². The van der Waals surface area contributed by atoms with Crippen molar-refractivity contribution >= 4 is 40.4 Å². The van der Waals surface area contributed by atoms with Crippen LogP contribution in [0.3, 0.4) is 0 Å². The SMILES string of the molecule is CCOc1c(I)cc(C=NNC(=O)Cc2ccccc2[N+](=O)[O-])cc1OC. The van der Waals surface area contributed by atoms with Gasteiger partial charge in [-0.05, 0) is 47.2 Å². The highest BCUT2D eigenvalue weighted by molar-refractivity contribution is 14.1. The van der Waals surface area contributed by atoms with Crippen LogP contribution in [0.2, 0.25) is 0 Å². The number of rotatable bonds is 8. The Morgan fingerprint density at radius 2 is 2.11 bits per heavy atom. The van der Waals surface area contributed by atoms with Gasteiger partial charge in [-0.15, -0.1) is 0 Å². The quantitative estimate of drug-likeness (QED) is 0.269. The van der Waals surface area contributed by atoms with Gasteiger partial charge in [-0.3, -0.25) is 14.9 Å². The zero-order chi connectivity index (χ0) is 19.8. The lowest BCUT2D eigenvalue weighted by atomic mass is 10.1. The average molecular weight is 483 g/mol. The maximum atomic E-state index is 12.0. The van der Waals surface area contributed by atoms with Gasteiger partial charge < -0.3 is 9.47 Å². The first kappa shape index (κ1) is 20.6. The van der Waals surface area contributed by atoms with E-state index in [0.717, 1.165) is 3.57 Å². The molecule has 1 N–H and O–H groups in total. The van der Waals surface area contributed by atoms with E-state index < -0.39 is 10.8 Å². The second kappa shape index (κ2) is 9.86. The Morgan fingerprint density at radius 3 is 2.78 bits per heavy atom. The van der Waals surface area contributed by atoms with Gasteiger partial charge in [0.05, 0.1) is 34.8 Å². The van der Waals surface area contributed by atoms with Crippen molar-refractivity contribution in [3.8, 4) is 11.5 Å². The minimum atomic E-state index is -0.514. The van der Waals surface area contributed by atoms with E-state index >= 15 is 0 Å². The fraction of sp³-hybridized carbons (Fsp3) is 0.222. The molecule has 142 valence electrons. The lowest BCUT2D eigenvalue weighted by Gasteiger charge is -2.12. The molecule has 0 atom stereocenters. The van der Waals surface area contributed by atoms with Crippen LogP contribution in [0.4, 0.5) is 5.69 Å². The van der Waals surface area contributed by atoms with Gasteiger partial charge in [0.1, 0.15) is 0 Å². The number of amides is 1. The Kier molecular flexibility index (Phi) is 7.53. The number of nitrogens with one attached hydrogen (secondary N) is 1. The zero-order valence-electron chi connectivity index (χ0n) is 14.8. The van der Waals surface area contributed by atoms with Crippen molar-refractivity contribution in [2.24, 2.45) is 5.10 Å². The van der Waals surface area contributed by atoms with Crippen molar-refractivity contribution in [1.29, 1.82) is 0 Å². The third-order valence-corrected chi connectivity index (χ3v) is 4.28. The van der Waals surface area contributed by atoms with Crippen molar-refractivity contribution in [2.75, 3.05) is 13.7 Å². The number of benzene rings is 2. The largest absolute Gasteiger partial charge is 0.493 e. The van der Waals surface area contributed by atoms with Gasteiger partial charge in [0.25, 0.3) is 5.69 Å². The number of hydrogen-bond acceptors (Lipinski definition) is 6. The predicted molar refractivity (Wildman–Crippen MR) is 109 cm³/mol. The van der Waals surface area contributed by atoms with Gasteiger partial charge in [-0.25, -0.2) is 5.43 Å². The lowest BCUT2D eigenvalue weighted by Crippen LogP contribution is -2.20. The van der Waals surface area contributed by atoms with E-state index in [9.17, 15) is 14.9 Å². The fourth-order valence-electron chi connectivity index (χ4n) is 2.33. The molecule has 0 aliphatic carbocycles. The topological polar surface area (TPSA) is 103 Å². The molecule has 0 aliphatic rings. The summed E-state index contributed by atoms with van der Waals surface area (Å²) in [6, 6.07) is 9.68. The smallest absolute Gasteiger partial charge is 0.273 e. The van der Waals surface area contributed by atoms with Crippen LogP contribution >= 0.6 is 22.6 Å². The first-order valence-electron chi connectivity index (χ1n) is 8.00. The lowest BCUT2D eigenvalue weighted by molar-refractivity contribution is -0.385. The van der Waals surface area contributed by atoms with Crippen LogP contribution < -0.4 is 14.9 Å². The summed E-state index contributed by atoms with van der Waals surface area (Å²) < 4.78 is 11.7. The zero-order valence-corrected chi connectivity index (χ0v) is 16.9. The first-order chi connectivity index (χ1) is 13.0. The van der Waals surface area contributed by atoms with E-state index in [-0.39, 0.29) is 12.1 Å². The van der Waals surface area contributed by atoms with Gasteiger partial charge in [0, 0.05) is 11.6 Å². The van der Waals surface area contributed by atoms with Crippen LogP contribution in [0.25, 0.3) is 0 Å². The molecule has 0 spiro atoms. The summed E-state index contributed by atoms with van der Waals surface area (Å²) in [4.78, 5) is 22.5. The van der Waals surface area contributed by atoms with Crippen LogP contribution in [0.5, 0.6) is 11.5 Å². The normalized spacial score (nSPS) is 10.6. The Hall–Kier alpha value is -2.69. The van der Waals surface area contributed by atoms with Crippen molar-refractivity contribution < 1.29 is 19.2 Å². The highest BCUT2D eigenvalue weighted by Gasteiger charge is 2.15. The second-order valence-electron chi connectivity index (χ2n) is 5.32. The number of methoxy groups -OCH3 is 1. The maximum Gasteiger partial charge on any atom is 0.273 e. The molecule has 0 aliphatic heterocycles. The molecule has 2 aromatic rings. The molecule has 2 rings (SSSR count). The predicted octanol–water partition coefficient (Wildman–Crippen LogP) is 3.30. The summed E-state index contributed by atoms with van der Waals surface area (Å²) in [6.07, 6.45) is 1.33. The van der Waals surface area contributed by atoms with E-state index in [1.165, 1.54) is 12.3 Å². The standard InChI is InChI=1S/C18H18IN3O5/c1-3-27-18-14(19)8-12(9-16(18)26-2)11-20-21-17(23)10-13-6-4-5-7-15(13)22(24)25/h4-9,11H,3,10H2,1-2H3,(H,21,23). The van der Waals surface area contributed by atoms with E-state index in [2.05, 4.69) is 33.1 Å². The number of hydrogen-bond donors (Lipinski definition) is 1. The minimum Gasteiger partial charge on any atom is -0.493 e. The number of ether oxygens (including phenoxy) is 2. The van der Waals surface area contributed by atoms with E-state index in [1.807, 2.05) is 13.0 Å². The van der Waals surface area contributed by atoms with E-state index in [4.69, 9.17) is 9.47 Å². The van der Waals surface area contributed by atoms with Gasteiger partial charge in [-0.1, -0.05) is 18.2 Å². The Bertz CT molecular complexity index is 870. The second-order valence-corrected chi connectivity index (χ2v) is 6.49. The maximum absolute atomic E-state index is 12.0. The number of para-hydroxylation sites is 1. The fourth-order valence-corrected chi connectivity index (χ4v) is 3.11. The highest BCUT2D eigenvalue weighted by atomic mass is 127. The number of carbonyl (C=O) groups excluding carboxylic acids is 1. The molecular formula is C18H18IN3O5. The highest BCUT2D eigenvalue weighted by Crippen LogP contribution is 2.33. The molecule has 9 heteroatoms. The van der Waals surface area contributed by atoms with Crippen LogP contribution in [0.1, 0.15) is 18.1 Å². The van der Waals surface area contributed by atoms with Crippen LogP contribution in [0.15, 0.2) is 41.5 Å². The molecule has 0 saturated heterocycles. The summed E-state index contributed by atoms with van der Waals surface area (Å²) in [5, 5.41) is 14.9. The van der Waals surface area contributed by atoms with Crippen molar-refractivity contribution in [3.05, 3.63) is 61.2 Å². The Balaban J connectivity index is 2.06. The van der Waals surface area contributed by atoms with Crippen molar-refractivity contribution in [1.82, 2.24) is 5.43 Å². The first-order valence-corrected chi connectivity index (χ1v) is 9.08. The molecule has 0 bridgehead atoms. The molecule has 0 saturated carbocycles. The minimum absolute atomic E-state index is 0.0950. The van der Waals surface area contributed by atoms with E-state index in [0.29, 0.717) is 29.2 Å². The Labute approximate surface area is 169 Å². The van der Waals surface area contributed by atoms with Crippen LogP contribution in [-0.2, 0) is 11.2 Å². The molecule has 2 aromatic carbocycles. The molecular weight excluding hydrogens is 465 g/mol. The molecule has 0 heterocycles. The summed E-state index contributed by atoms with van der Waals surface area (Å²) in [6.45, 7) is 2.40. The Morgan fingerprint density at radius 1 is 1.37 bits per heavy atom. The van der Waals surface area contributed by atoms with Gasteiger partial charge in [0.15, 0.2) is 11.5 Å². The molecule has 1 amide bonds. The molecule has 27 heavy (non-hydrogen) atoms. The number of nitro groups is 1. The number of nitro benzene ring substituents is 1. The van der Waals surface area contributed by atoms with Crippen molar-refractivity contribution in [2.45, 2.75) is 13.3 Å². The monoisotopic (exact) mass is 483 g/mol. The number of halogens is 1. The number of hydrazone groups is 1.